The summed E-state index contributed by atoms with van der Waals surface area (Å²) in [5, 5.41) is 2.58. The Morgan fingerprint density at radius 2 is 1.64 bits per heavy atom. The third-order valence-electron chi connectivity index (χ3n) is 3.01. The van der Waals surface area contributed by atoms with Gasteiger partial charge in [-0.2, -0.15) is 0 Å². The second kappa shape index (κ2) is 6.80. The zero-order valence-electron chi connectivity index (χ0n) is 11.7. The summed E-state index contributed by atoms with van der Waals surface area (Å²) in [4.78, 5) is 23.1. The van der Waals surface area contributed by atoms with Crippen molar-refractivity contribution in [3.63, 3.8) is 0 Å². The van der Waals surface area contributed by atoms with E-state index in [-0.39, 0.29) is 12.1 Å². The van der Waals surface area contributed by atoms with Crippen LogP contribution in [-0.2, 0) is 11.3 Å². The van der Waals surface area contributed by atoms with Crippen molar-refractivity contribution in [3.05, 3.63) is 70.8 Å². The SMILES string of the molecule is COC(=O)c1ccc(CNC(=O)c2ccc(F)c(F)c2)cc1. The zero-order valence-corrected chi connectivity index (χ0v) is 11.7. The molecule has 0 aliphatic carbocycles. The molecule has 0 saturated carbocycles. The first kappa shape index (κ1) is 15.6. The number of amides is 1. The predicted molar refractivity (Wildman–Crippen MR) is 75.3 cm³/mol. The lowest BCUT2D eigenvalue weighted by Crippen LogP contribution is -2.23. The highest BCUT2D eigenvalue weighted by Gasteiger charge is 2.10. The Hall–Kier alpha value is -2.76. The molecule has 2 aromatic rings. The van der Waals surface area contributed by atoms with Crippen LogP contribution in [0.2, 0.25) is 0 Å². The quantitative estimate of drug-likeness (QED) is 0.884. The molecule has 0 atom stereocenters. The normalized spacial score (nSPS) is 10.1. The van der Waals surface area contributed by atoms with E-state index in [1.165, 1.54) is 13.2 Å². The first-order valence-corrected chi connectivity index (χ1v) is 6.42. The molecule has 1 N–H and O–H groups in total. The minimum Gasteiger partial charge on any atom is -0.465 e. The van der Waals surface area contributed by atoms with Crippen molar-refractivity contribution in [1.29, 1.82) is 0 Å². The molecule has 0 spiro atoms. The van der Waals surface area contributed by atoms with Crippen molar-refractivity contribution in [1.82, 2.24) is 5.32 Å². The molecule has 4 nitrogen and oxygen atoms in total. The Morgan fingerprint density at radius 3 is 2.23 bits per heavy atom. The lowest BCUT2D eigenvalue weighted by Gasteiger charge is -2.06. The molecule has 0 aliphatic heterocycles. The van der Waals surface area contributed by atoms with E-state index in [1.54, 1.807) is 24.3 Å². The van der Waals surface area contributed by atoms with Crippen LogP contribution in [0, 0.1) is 11.6 Å². The van der Waals surface area contributed by atoms with Gasteiger partial charge in [0.1, 0.15) is 0 Å². The van der Waals surface area contributed by atoms with Crippen LogP contribution in [0.4, 0.5) is 8.78 Å². The monoisotopic (exact) mass is 305 g/mol. The van der Waals surface area contributed by atoms with Crippen molar-refractivity contribution in [2.45, 2.75) is 6.54 Å². The molecule has 1 amide bonds. The minimum absolute atomic E-state index is 0.0325. The van der Waals surface area contributed by atoms with Gasteiger partial charge in [0, 0.05) is 12.1 Å². The number of nitrogens with one attached hydrogen (secondary N) is 1. The van der Waals surface area contributed by atoms with E-state index >= 15 is 0 Å². The van der Waals surface area contributed by atoms with Gasteiger partial charge >= 0.3 is 5.97 Å². The largest absolute Gasteiger partial charge is 0.465 e. The number of benzene rings is 2. The van der Waals surface area contributed by atoms with Gasteiger partial charge < -0.3 is 10.1 Å². The molecule has 0 heterocycles. The summed E-state index contributed by atoms with van der Waals surface area (Å²) in [6.45, 7) is 0.194. The highest BCUT2D eigenvalue weighted by atomic mass is 19.2. The van der Waals surface area contributed by atoms with E-state index in [0.717, 1.165) is 17.7 Å². The van der Waals surface area contributed by atoms with Crippen LogP contribution < -0.4 is 5.32 Å². The van der Waals surface area contributed by atoms with Gasteiger partial charge in [0.2, 0.25) is 0 Å². The molecule has 0 saturated heterocycles. The molecule has 0 unspecified atom stereocenters. The van der Waals surface area contributed by atoms with Gasteiger partial charge in [0.15, 0.2) is 11.6 Å². The maximum Gasteiger partial charge on any atom is 0.337 e. The number of hydrogen-bond acceptors (Lipinski definition) is 3. The molecular formula is C16H13F2NO3. The number of halogens is 2. The van der Waals surface area contributed by atoms with Crippen molar-refractivity contribution in [2.75, 3.05) is 7.11 Å². The maximum absolute atomic E-state index is 13.1. The molecule has 6 heteroatoms. The van der Waals surface area contributed by atoms with Crippen LogP contribution in [0.3, 0.4) is 0 Å². The molecule has 22 heavy (non-hydrogen) atoms. The maximum atomic E-state index is 13.1. The van der Waals surface area contributed by atoms with Crippen molar-refractivity contribution in [3.8, 4) is 0 Å². The molecule has 0 aromatic heterocycles. The summed E-state index contributed by atoms with van der Waals surface area (Å²) in [6.07, 6.45) is 0. The molecule has 0 radical (unpaired) electrons. The number of methoxy groups -OCH3 is 1. The third kappa shape index (κ3) is 3.66. The fourth-order valence-corrected chi connectivity index (χ4v) is 1.80. The Morgan fingerprint density at radius 1 is 1.00 bits per heavy atom. The Balaban J connectivity index is 1.98. The van der Waals surface area contributed by atoms with E-state index in [2.05, 4.69) is 10.1 Å². The number of hydrogen-bond donors (Lipinski definition) is 1. The first-order valence-electron chi connectivity index (χ1n) is 6.42. The van der Waals surface area contributed by atoms with Crippen LogP contribution in [0.1, 0.15) is 26.3 Å². The van der Waals surface area contributed by atoms with Gasteiger partial charge in [0.05, 0.1) is 12.7 Å². The van der Waals surface area contributed by atoms with Gasteiger partial charge in [0.25, 0.3) is 5.91 Å². The Kier molecular flexibility index (Phi) is 4.83. The van der Waals surface area contributed by atoms with Gasteiger partial charge in [-0.15, -0.1) is 0 Å². The second-order valence-corrected chi connectivity index (χ2v) is 4.50. The Bertz CT molecular complexity index is 699. The van der Waals surface area contributed by atoms with Gasteiger partial charge in [-0.05, 0) is 35.9 Å². The number of carbonyl (C=O) groups excluding carboxylic acids is 2. The summed E-state index contributed by atoms with van der Waals surface area (Å²) < 4.78 is 30.4. The van der Waals surface area contributed by atoms with Crippen LogP contribution in [0.15, 0.2) is 42.5 Å². The van der Waals surface area contributed by atoms with Crippen LogP contribution in [-0.4, -0.2) is 19.0 Å². The fraction of sp³-hybridized carbons (Fsp3) is 0.125. The summed E-state index contributed by atoms with van der Waals surface area (Å²) in [5.74, 6) is -3.04. The van der Waals surface area contributed by atoms with Crippen molar-refractivity contribution < 1.29 is 23.1 Å². The van der Waals surface area contributed by atoms with Crippen LogP contribution in [0.5, 0.6) is 0 Å². The topological polar surface area (TPSA) is 55.4 Å². The zero-order chi connectivity index (χ0) is 16.1. The fourth-order valence-electron chi connectivity index (χ4n) is 1.80. The average Bonchev–Trinajstić information content (AvgIpc) is 2.54. The highest BCUT2D eigenvalue weighted by Crippen LogP contribution is 2.09. The van der Waals surface area contributed by atoms with Crippen LogP contribution >= 0.6 is 0 Å². The molecule has 0 fully saturated rings. The first-order chi connectivity index (χ1) is 10.5. The molecular weight excluding hydrogens is 292 g/mol. The van der Waals surface area contributed by atoms with E-state index in [9.17, 15) is 18.4 Å². The van der Waals surface area contributed by atoms with E-state index in [1.807, 2.05) is 0 Å². The smallest absolute Gasteiger partial charge is 0.337 e. The number of carbonyl (C=O) groups is 2. The third-order valence-corrected chi connectivity index (χ3v) is 3.01. The number of rotatable bonds is 4. The summed E-state index contributed by atoms with van der Waals surface area (Å²) in [7, 11) is 1.29. The van der Waals surface area contributed by atoms with E-state index < -0.39 is 23.5 Å². The summed E-state index contributed by atoms with van der Waals surface area (Å²) >= 11 is 0. The molecule has 2 rings (SSSR count). The van der Waals surface area contributed by atoms with Crippen LogP contribution in [0.25, 0.3) is 0 Å². The number of esters is 1. The van der Waals surface area contributed by atoms with E-state index in [0.29, 0.717) is 5.56 Å². The Labute approximate surface area is 125 Å². The molecule has 2 aromatic carbocycles. The van der Waals surface area contributed by atoms with Gasteiger partial charge in [-0.1, -0.05) is 12.1 Å². The average molecular weight is 305 g/mol. The van der Waals surface area contributed by atoms with Crippen molar-refractivity contribution in [2.24, 2.45) is 0 Å². The minimum atomic E-state index is -1.07. The number of ether oxygens (including phenoxy) is 1. The van der Waals surface area contributed by atoms with Gasteiger partial charge in [-0.25, -0.2) is 13.6 Å². The standard InChI is InChI=1S/C16H13F2NO3/c1-22-16(21)11-4-2-10(3-5-11)9-19-15(20)12-6-7-13(17)14(18)8-12/h2-8H,9H2,1H3,(H,19,20). The molecule has 114 valence electrons. The summed E-state index contributed by atoms with van der Waals surface area (Å²) in [5.41, 5.74) is 1.19. The second-order valence-electron chi connectivity index (χ2n) is 4.50. The lowest BCUT2D eigenvalue weighted by molar-refractivity contribution is 0.0600. The van der Waals surface area contributed by atoms with E-state index in [4.69, 9.17) is 0 Å². The summed E-state index contributed by atoms with van der Waals surface area (Å²) in [6, 6.07) is 9.42. The van der Waals surface area contributed by atoms with Gasteiger partial charge in [-0.3, -0.25) is 4.79 Å². The predicted octanol–water partition coefficient (Wildman–Crippen LogP) is 2.68. The highest BCUT2D eigenvalue weighted by molar-refractivity contribution is 5.94. The van der Waals surface area contributed by atoms with Crippen molar-refractivity contribution >= 4 is 11.9 Å². The molecule has 0 aliphatic rings. The molecule has 0 bridgehead atoms. The lowest BCUT2D eigenvalue weighted by atomic mass is 10.1.